The van der Waals surface area contributed by atoms with E-state index in [4.69, 9.17) is 5.21 Å². The first kappa shape index (κ1) is 25.8. The molecule has 35 heavy (non-hydrogen) atoms. The second kappa shape index (κ2) is 12.1. The number of alkyl halides is 1. The lowest BCUT2D eigenvalue weighted by Gasteiger charge is -2.25. The maximum absolute atomic E-state index is 14.7. The van der Waals surface area contributed by atoms with Crippen LogP contribution in [0.25, 0.3) is 10.8 Å². The fourth-order valence-corrected chi connectivity index (χ4v) is 3.95. The van der Waals surface area contributed by atoms with Gasteiger partial charge in [0.2, 0.25) is 11.8 Å². The van der Waals surface area contributed by atoms with Crippen LogP contribution in [0.4, 0.5) is 10.1 Å². The van der Waals surface area contributed by atoms with Crippen molar-refractivity contribution in [1.29, 1.82) is 0 Å². The van der Waals surface area contributed by atoms with Gasteiger partial charge in [-0.2, -0.15) is 0 Å². The topological polar surface area (TPSA) is 108 Å². The Morgan fingerprint density at radius 1 is 0.857 bits per heavy atom. The van der Waals surface area contributed by atoms with Gasteiger partial charge in [-0.1, -0.05) is 74.5 Å². The lowest BCUT2D eigenvalue weighted by atomic mass is 9.91. The summed E-state index contributed by atoms with van der Waals surface area (Å²) in [7, 11) is 0. The molecule has 0 fully saturated rings. The van der Waals surface area contributed by atoms with Gasteiger partial charge in [0.05, 0.1) is 5.92 Å². The fraction of sp³-hybridized carbons (Fsp3) is 0.296. The van der Waals surface area contributed by atoms with Crippen LogP contribution in [-0.4, -0.2) is 35.1 Å². The molecule has 0 heterocycles. The maximum Gasteiger partial charge on any atom is 0.278 e. The molecule has 0 unspecified atom stereocenters. The molecule has 0 aliphatic carbocycles. The number of carbonyl (C=O) groups excluding carboxylic acids is 3. The molecule has 0 bridgehead atoms. The quantitative estimate of drug-likeness (QED) is 0.260. The number of halogens is 1. The fourth-order valence-electron chi connectivity index (χ4n) is 3.95. The van der Waals surface area contributed by atoms with Gasteiger partial charge in [0.15, 0.2) is 6.17 Å². The second-order valence-corrected chi connectivity index (χ2v) is 8.92. The number of fused-ring (bicyclic) bond motifs is 1. The first-order valence-electron chi connectivity index (χ1n) is 11.5. The lowest BCUT2D eigenvalue weighted by Crippen LogP contribution is -2.50. The predicted octanol–water partition coefficient (Wildman–Crippen LogP) is 4.01. The van der Waals surface area contributed by atoms with E-state index in [9.17, 15) is 18.8 Å². The summed E-state index contributed by atoms with van der Waals surface area (Å²) in [6.45, 7) is 3.58. The largest absolute Gasteiger partial charge is 0.344 e. The van der Waals surface area contributed by atoms with Crippen LogP contribution in [0.3, 0.4) is 0 Å². The van der Waals surface area contributed by atoms with Gasteiger partial charge in [-0.15, -0.1) is 0 Å². The Hall–Kier alpha value is -3.78. The van der Waals surface area contributed by atoms with E-state index < -0.39 is 35.9 Å². The average molecular weight is 480 g/mol. The highest BCUT2D eigenvalue weighted by atomic mass is 19.1. The molecule has 0 aliphatic rings. The van der Waals surface area contributed by atoms with Gasteiger partial charge in [-0.3, -0.25) is 19.6 Å². The van der Waals surface area contributed by atoms with Crippen LogP contribution in [0, 0.1) is 11.8 Å². The second-order valence-electron chi connectivity index (χ2n) is 8.92. The summed E-state index contributed by atoms with van der Waals surface area (Å²) < 4.78 is 14.7. The van der Waals surface area contributed by atoms with E-state index in [2.05, 4.69) is 10.6 Å². The first-order chi connectivity index (χ1) is 16.8. The monoisotopic (exact) mass is 479 g/mol. The zero-order valence-corrected chi connectivity index (χ0v) is 19.7. The number of amides is 3. The molecule has 184 valence electrons. The third kappa shape index (κ3) is 7.10. The third-order valence-corrected chi connectivity index (χ3v) is 5.70. The molecule has 0 radical (unpaired) electrons. The number of nitrogens with one attached hydrogen (secondary N) is 3. The van der Waals surface area contributed by atoms with Crippen LogP contribution >= 0.6 is 0 Å². The molecule has 3 aromatic rings. The average Bonchev–Trinajstić information content (AvgIpc) is 2.86. The van der Waals surface area contributed by atoms with Crippen molar-refractivity contribution in [3.8, 4) is 0 Å². The highest BCUT2D eigenvalue weighted by Gasteiger charge is 2.36. The number of anilines is 1. The van der Waals surface area contributed by atoms with Gasteiger partial charge in [-0.25, -0.2) is 9.87 Å². The summed E-state index contributed by atoms with van der Waals surface area (Å²) in [6, 6.07) is 21.3. The molecule has 0 saturated carbocycles. The Labute approximate surface area is 203 Å². The van der Waals surface area contributed by atoms with E-state index in [1.165, 1.54) is 5.48 Å². The summed E-state index contributed by atoms with van der Waals surface area (Å²) in [6.07, 6.45) is -2.04. The lowest BCUT2D eigenvalue weighted by molar-refractivity contribution is -0.142. The number of carbonyl (C=O) groups is 3. The van der Waals surface area contributed by atoms with Crippen molar-refractivity contribution in [3.63, 3.8) is 0 Å². The summed E-state index contributed by atoms with van der Waals surface area (Å²) in [5, 5.41) is 16.3. The van der Waals surface area contributed by atoms with Crippen LogP contribution in [0.2, 0.25) is 0 Å². The summed E-state index contributed by atoms with van der Waals surface area (Å²) in [5.74, 6) is -4.02. The number of hydroxylamine groups is 1. The van der Waals surface area contributed by atoms with Gasteiger partial charge in [0.25, 0.3) is 5.91 Å². The first-order valence-corrected chi connectivity index (χ1v) is 11.5. The van der Waals surface area contributed by atoms with Crippen LogP contribution in [0.15, 0.2) is 72.8 Å². The molecular formula is C27H30FN3O4. The van der Waals surface area contributed by atoms with Gasteiger partial charge in [-0.05, 0) is 40.8 Å². The van der Waals surface area contributed by atoms with E-state index in [0.29, 0.717) is 5.69 Å². The zero-order valence-electron chi connectivity index (χ0n) is 19.7. The molecule has 4 N–H and O–H groups in total. The van der Waals surface area contributed by atoms with Crippen molar-refractivity contribution in [3.05, 3.63) is 78.4 Å². The molecule has 7 nitrogen and oxygen atoms in total. The number of hydrogen-bond donors (Lipinski definition) is 4. The molecule has 3 rings (SSSR count). The maximum atomic E-state index is 14.7. The van der Waals surface area contributed by atoms with Crippen LogP contribution in [0.1, 0.15) is 25.8 Å². The minimum Gasteiger partial charge on any atom is -0.344 e. The molecule has 0 saturated heterocycles. The van der Waals surface area contributed by atoms with Crippen molar-refractivity contribution in [1.82, 2.24) is 10.8 Å². The summed E-state index contributed by atoms with van der Waals surface area (Å²) in [5.41, 5.74) is 2.63. The van der Waals surface area contributed by atoms with E-state index in [1.807, 2.05) is 48.5 Å². The number of benzene rings is 3. The van der Waals surface area contributed by atoms with E-state index in [-0.39, 0.29) is 18.8 Å². The Balaban J connectivity index is 1.87. The Bertz CT molecular complexity index is 1170. The van der Waals surface area contributed by atoms with Gasteiger partial charge < -0.3 is 10.6 Å². The van der Waals surface area contributed by atoms with Crippen molar-refractivity contribution in [2.45, 2.75) is 38.9 Å². The minimum absolute atomic E-state index is 0.0589. The van der Waals surface area contributed by atoms with Crippen molar-refractivity contribution < 1.29 is 24.0 Å². The third-order valence-electron chi connectivity index (χ3n) is 5.70. The highest BCUT2D eigenvalue weighted by molar-refractivity contribution is 5.98. The Morgan fingerprint density at radius 3 is 2.17 bits per heavy atom. The van der Waals surface area contributed by atoms with E-state index >= 15 is 0 Å². The van der Waals surface area contributed by atoms with Crippen molar-refractivity contribution >= 4 is 34.2 Å². The van der Waals surface area contributed by atoms with Crippen LogP contribution < -0.4 is 16.1 Å². The van der Waals surface area contributed by atoms with Gasteiger partial charge in [0, 0.05) is 12.1 Å². The number of para-hydroxylation sites is 1. The number of rotatable bonds is 10. The number of hydrogen-bond acceptors (Lipinski definition) is 4. The van der Waals surface area contributed by atoms with E-state index in [1.54, 1.807) is 38.1 Å². The van der Waals surface area contributed by atoms with Crippen molar-refractivity contribution in [2.24, 2.45) is 11.8 Å². The molecular weight excluding hydrogens is 449 g/mol. The smallest absolute Gasteiger partial charge is 0.278 e. The highest BCUT2D eigenvalue weighted by Crippen LogP contribution is 2.21. The van der Waals surface area contributed by atoms with Crippen LogP contribution in [-0.2, 0) is 20.8 Å². The van der Waals surface area contributed by atoms with Crippen LogP contribution in [0.5, 0.6) is 0 Å². The Morgan fingerprint density at radius 2 is 1.51 bits per heavy atom. The standard InChI is InChI=1S/C27H30FN3O4/c1-17(2)14-22(24(28)27(34)31-35)25(32)30-23(26(33)29-21-10-4-3-5-11-21)16-18-12-13-19-8-6-7-9-20(19)15-18/h3-13,15,17,22-24,35H,14,16H2,1-2H3,(H,29,33)(H,30,32)(H,31,34)/t22-,23+,24-/m1/s1. The SMILES string of the molecule is CC(C)C[C@@H](C(=O)N[C@@H](Cc1ccc2ccccc2c1)C(=O)Nc1ccccc1)[C@@H](F)C(=O)NO. The summed E-state index contributed by atoms with van der Waals surface area (Å²) >= 11 is 0. The van der Waals surface area contributed by atoms with Crippen molar-refractivity contribution in [2.75, 3.05) is 5.32 Å². The molecule has 8 heteroatoms. The molecule has 0 aliphatic heterocycles. The minimum atomic E-state index is -2.26. The van der Waals surface area contributed by atoms with Gasteiger partial charge in [0.1, 0.15) is 6.04 Å². The molecule has 3 amide bonds. The zero-order chi connectivity index (χ0) is 25.4. The molecule has 0 aromatic heterocycles. The van der Waals surface area contributed by atoms with Gasteiger partial charge >= 0.3 is 0 Å². The summed E-state index contributed by atoms with van der Waals surface area (Å²) in [4.78, 5) is 38.0. The molecule has 0 spiro atoms. The molecule has 3 aromatic carbocycles. The Kier molecular flexibility index (Phi) is 8.92. The van der Waals surface area contributed by atoms with E-state index in [0.717, 1.165) is 16.3 Å². The molecule has 3 atom stereocenters. The predicted molar refractivity (Wildman–Crippen MR) is 132 cm³/mol. The normalized spacial score (nSPS) is 13.6.